The number of aliphatic carboxylic acids is 1. The molecular formula is C11H20ClNO3. The highest BCUT2D eigenvalue weighted by atomic mass is 35.5. The number of hydrogen-bond donors (Lipinski definition) is 2. The van der Waals surface area contributed by atoms with Crippen LogP contribution < -0.4 is 5.32 Å². The lowest BCUT2D eigenvalue weighted by molar-refractivity contribution is -0.161. The van der Waals surface area contributed by atoms with Gasteiger partial charge in [-0.15, -0.1) is 12.4 Å². The first-order chi connectivity index (χ1) is 7.26. The predicted octanol–water partition coefficient (Wildman–Crippen LogP) is 1.29. The lowest BCUT2D eigenvalue weighted by Gasteiger charge is -2.41. The molecule has 2 saturated heterocycles. The first-order valence-electron chi connectivity index (χ1n) is 5.77. The van der Waals surface area contributed by atoms with Crippen LogP contribution in [-0.2, 0) is 9.53 Å². The molecule has 0 amide bonds. The van der Waals surface area contributed by atoms with Gasteiger partial charge in [0.15, 0.2) is 0 Å². The van der Waals surface area contributed by atoms with Gasteiger partial charge in [-0.2, -0.15) is 0 Å². The van der Waals surface area contributed by atoms with Crippen molar-refractivity contribution < 1.29 is 14.6 Å². The number of piperidine rings is 1. The largest absolute Gasteiger partial charge is 0.481 e. The topological polar surface area (TPSA) is 58.6 Å². The maximum atomic E-state index is 11.5. The zero-order valence-corrected chi connectivity index (χ0v) is 10.2. The van der Waals surface area contributed by atoms with Gasteiger partial charge >= 0.3 is 5.97 Å². The molecule has 94 valence electrons. The Hall–Kier alpha value is -0.320. The van der Waals surface area contributed by atoms with E-state index in [0.29, 0.717) is 32.0 Å². The number of halogens is 1. The van der Waals surface area contributed by atoms with Gasteiger partial charge in [-0.3, -0.25) is 4.79 Å². The van der Waals surface area contributed by atoms with Crippen LogP contribution in [0.3, 0.4) is 0 Å². The lowest BCUT2D eigenvalue weighted by Crippen LogP contribution is -2.47. The molecule has 0 aromatic heterocycles. The summed E-state index contributed by atoms with van der Waals surface area (Å²) in [6.07, 6.45) is 3.36. The molecule has 2 heterocycles. The van der Waals surface area contributed by atoms with Crippen LogP contribution in [0.2, 0.25) is 0 Å². The number of rotatable bonds is 2. The van der Waals surface area contributed by atoms with Gasteiger partial charge in [0, 0.05) is 13.2 Å². The maximum absolute atomic E-state index is 11.5. The van der Waals surface area contributed by atoms with Crippen LogP contribution in [0.5, 0.6) is 0 Å². The molecule has 0 bridgehead atoms. The molecule has 0 unspecified atom stereocenters. The highest BCUT2D eigenvalue weighted by Crippen LogP contribution is 2.42. The summed E-state index contributed by atoms with van der Waals surface area (Å²) in [5, 5.41) is 12.8. The molecule has 2 fully saturated rings. The van der Waals surface area contributed by atoms with Gasteiger partial charge in [0.25, 0.3) is 0 Å². The fraction of sp³-hybridized carbons (Fsp3) is 0.909. The Kier molecular flexibility index (Phi) is 5.02. The Bertz CT molecular complexity index is 235. The highest BCUT2D eigenvalue weighted by molar-refractivity contribution is 5.85. The van der Waals surface area contributed by atoms with E-state index in [2.05, 4.69) is 5.32 Å². The minimum absolute atomic E-state index is 0. The van der Waals surface area contributed by atoms with E-state index in [1.165, 1.54) is 0 Å². The van der Waals surface area contributed by atoms with E-state index in [4.69, 9.17) is 4.74 Å². The third kappa shape index (κ3) is 2.50. The molecule has 0 radical (unpaired) electrons. The van der Waals surface area contributed by atoms with Crippen LogP contribution in [0.4, 0.5) is 0 Å². The van der Waals surface area contributed by atoms with Gasteiger partial charge in [-0.25, -0.2) is 0 Å². The number of carbonyl (C=O) groups is 1. The van der Waals surface area contributed by atoms with Crippen molar-refractivity contribution in [2.24, 2.45) is 11.3 Å². The fourth-order valence-electron chi connectivity index (χ4n) is 2.91. The second kappa shape index (κ2) is 5.84. The van der Waals surface area contributed by atoms with Crippen molar-refractivity contribution >= 4 is 18.4 Å². The number of ether oxygens (including phenoxy) is 1. The van der Waals surface area contributed by atoms with Crippen LogP contribution in [0, 0.1) is 11.3 Å². The van der Waals surface area contributed by atoms with E-state index in [1.54, 1.807) is 0 Å². The molecule has 2 rings (SSSR count). The summed E-state index contributed by atoms with van der Waals surface area (Å²) in [7, 11) is 0. The van der Waals surface area contributed by atoms with Crippen molar-refractivity contribution in [2.45, 2.75) is 25.7 Å². The zero-order valence-electron chi connectivity index (χ0n) is 9.41. The lowest BCUT2D eigenvalue weighted by atomic mass is 9.66. The van der Waals surface area contributed by atoms with Crippen LogP contribution in [0.15, 0.2) is 0 Å². The molecule has 5 heteroatoms. The van der Waals surface area contributed by atoms with E-state index < -0.39 is 11.4 Å². The minimum atomic E-state index is -0.613. The number of carboxylic acids is 1. The molecular weight excluding hydrogens is 230 g/mol. The second-order valence-electron chi connectivity index (χ2n) is 4.60. The Morgan fingerprint density at radius 1 is 1.25 bits per heavy atom. The third-order valence-electron chi connectivity index (χ3n) is 3.93. The van der Waals surface area contributed by atoms with Crippen molar-refractivity contribution in [1.29, 1.82) is 0 Å². The molecule has 0 aromatic rings. The SMILES string of the molecule is Cl.O=C(O)C1(C2CCNCC2)CCOCC1. The van der Waals surface area contributed by atoms with Gasteiger partial charge < -0.3 is 15.2 Å². The summed E-state index contributed by atoms with van der Waals surface area (Å²) >= 11 is 0. The Morgan fingerprint density at radius 3 is 2.31 bits per heavy atom. The molecule has 4 nitrogen and oxygen atoms in total. The summed E-state index contributed by atoms with van der Waals surface area (Å²) < 4.78 is 5.29. The minimum Gasteiger partial charge on any atom is -0.481 e. The molecule has 0 aromatic carbocycles. The van der Waals surface area contributed by atoms with E-state index in [1.807, 2.05) is 0 Å². The van der Waals surface area contributed by atoms with Crippen molar-refractivity contribution in [2.75, 3.05) is 26.3 Å². The molecule has 0 spiro atoms. The summed E-state index contributed by atoms with van der Waals surface area (Å²) in [5.74, 6) is -0.280. The monoisotopic (exact) mass is 249 g/mol. The Balaban J connectivity index is 0.00000128. The Labute approximate surface area is 102 Å². The van der Waals surface area contributed by atoms with Crippen LogP contribution >= 0.6 is 12.4 Å². The third-order valence-corrected chi connectivity index (χ3v) is 3.93. The molecule has 2 N–H and O–H groups in total. The maximum Gasteiger partial charge on any atom is 0.310 e. The average molecular weight is 250 g/mol. The quantitative estimate of drug-likeness (QED) is 0.774. The summed E-state index contributed by atoms with van der Waals surface area (Å²) in [5.41, 5.74) is -0.500. The van der Waals surface area contributed by atoms with Crippen molar-refractivity contribution in [3.05, 3.63) is 0 Å². The summed E-state index contributed by atoms with van der Waals surface area (Å²) in [6.45, 7) is 3.13. The molecule has 16 heavy (non-hydrogen) atoms. The molecule has 2 aliphatic heterocycles. The van der Waals surface area contributed by atoms with Crippen LogP contribution in [-0.4, -0.2) is 37.4 Å². The number of hydrogen-bond acceptors (Lipinski definition) is 3. The van der Waals surface area contributed by atoms with Crippen LogP contribution in [0.1, 0.15) is 25.7 Å². The highest BCUT2D eigenvalue weighted by Gasteiger charge is 2.46. The molecule has 0 aliphatic carbocycles. The van der Waals surface area contributed by atoms with E-state index in [-0.39, 0.29) is 12.4 Å². The summed E-state index contributed by atoms with van der Waals surface area (Å²) in [6, 6.07) is 0. The van der Waals surface area contributed by atoms with Gasteiger partial charge in [0.2, 0.25) is 0 Å². The standard InChI is InChI=1S/C11H19NO3.ClH/c13-10(14)11(3-7-15-8-4-11)9-1-5-12-6-2-9;/h9,12H,1-8H2,(H,13,14);1H. The van der Waals surface area contributed by atoms with Crippen molar-refractivity contribution in [3.63, 3.8) is 0 Å². The van der Waals surface area contributed by atoms with E-state index >= 15 is 0 Å². The Morgan fingerprint density at radius 2 is 1.81 bits per heavy atom. The van der Waals surface area contributed by atoms with Gasteiger partial charge in [-0.05, 0) is 44.7 Å². The summed E-state index contributed by atoms with van der Waals surface area (Å²) in [4.78, 5) is 11.5. The first-order valence-corrected chi connectivity index (χ1v) is 5.77. The first kappa shape index (κ1) is 13.7. The van der Waals surface area contributed by atoms with Gasteiger partial charge in [-0.1, -0.05) is 0 Å². The zero-order chi connectivity index (χ0) is 10.7. The van der Waals surface area contributed by atoms with Crippen molar-refractivity contribution in [1.82, 2.24) is 5.32 Å². The number of carboxylic acid groups (broad SMARTS) is 1. The van der Waals surface area contributed by atoms with Gasteiger partial charge in [0.05, 0.1) is 5.41 Å². The van der Waals surface area contributed by atoms with E-state index in [0.717, 1.165) is 25.9 Å². The number of nitrogens with one attached hydrogen (secondary N) is 1. The van der Waals surface area contributed by atoms with Crippen LogP contribution in [0.25, 0.3) is 0 Å². The van der Waals surface area contributed by atoms with Crippen molar-refractivity contribution in [3.8, 4) is 0 Å². The fourth-order valence-corrected chi connectivity index (χ4v) is 2.91. The van der Waals surface area contributed by atoms with E-state index in [9.17, 15) is 9.90 Å². The molecule has 2 aliphatic rings. The molecule has 0 saturated carbocycles. The normalized spacial score (nSPS) is 25.8. The second-order valence-corrected chi connectivity index (χ2v) is 4.60. The average Bonchev–Trinajstić information content (AvgIpc) is 2.31. The predicted molar refractivity (Wildman–Crippen MR) is 63.0 cm³/mol. The van der Waals surface area contributed by atoms with Gasteiger partial charge in [0.1, 0.15) is 0 Å². The smallest absolute Gasteiger partial charge is 0.310 e. The molecule has 0 atom stereocenters.